The quantitative estimate of drug-likeness (QED) is 0.320. The van der Waals surface area contributed by atoms with E-state index in [4.69, 9.17) is 11.6 Å². The van der Waals surface area contributed by atoms with E-state index < -0.39 is 50.2 Å². The molecule has 2 atom stereocenters. The number of nitrogens with one attached hydrogen (secondary N) is 1. The standard InChI is InChI=1S/C31H35ClN6O6S/c1-29(2,3)17-31(22-10-7-20(8-11-22)13-14-30(4,5)45(6,43)44)26(40)38(27(36-31)35-28(41)42)25(16-39)21-9-12-23(32)24(15-21)37-19-33-18-34-37/h7-12,15,18-19,25,39H,16-17H2,1-6H3,(H,35,36)(H,41,42)/t25?,31-/m1/s1. The first-order valence-corrected chi connectivity index (χ1v) is 16.2. The highest BCUT2D eigenvalue weighted by atomic mass is 35.5. The van der Waals surface area contributed by atoms with Gasteiger partial charge in [-0.15, -0.1) is 4.99 Å². The van der Waals surface area contributed by atoms with Gasteiger partial charge in [0.2, 0.25) is 5.96 Å². The SMILES string of the molecule is CC(C)(C)C[C@]1(c2ccc(C#CC(C)(C)S(C)(=O)=O)cc2)NC(=NC(=O)O)N(C(CO)c2ccc(Cl)c(-n3cncn3)c2)C1=O. The van der Waals surface area contributed by atoms with Crippen molar-refractivity contribution in [1.82, 2.24) is 25.0 Å². The van der Waals surface area contributed by atoms with E-state index in [0.29, 0.717) is 27.4 Å². The van der Waals surface area contributed by atoms with Crippen LogP contribution >= 0.6 is 11.6 Å². The van der Waals surface area contributed by atoms with Gasteiger partial charge in [-0.2, -0.15) is 5.10 Å². The number of aliphatic hydroxyl groups excluding tert-OH is 1. The Balaban J connectivity index is 1.84. The Kier molecular flexibility index (Phi) is 9.17. The Morgan fingerprint density at radius 2 is 1.82 bits per heavy atom. The first kappa shape index (κ1) is 33.6. The molecule has 0 bridgehead atoms. The number of hydrogen-bond donors (Lipinski definition) is 3. The number of aliphatic imine (C=N–C) groups is 1. The highest BCUT2D eigenvalue weighted by molar-refractivity contribution is 7.92. The number of carbonyl (C=O) groups is 2. The molecule has 4 rings (SSSR count). The summed E-state index contributed by atoms with van der Waals surface area (Å²) in [6, 6.07) is 10.5. The number of aliphatic hydroxyl groups is 1. The third-order valence-corrected chi connectivity index (χ3v) is 9.73. The van der Waals surface area contributed by atoms with E-state index >= 15 is 0 Å². The fourth-order valence-electron chi connectivity index (χ4n) is 5.02. The van der Waals surface area contributed by atoms with Crippen LogP contribution < -0.4 is 5.32 Å². The van der Waals surface area contributed by atoms with Crippen molar-refractivity contribution in [2.24, 2.45) is 10.4 Å². The van der Waals surface area contributed by atoms with E-state index in [2.05, 4.69) is 32.2 Å². The van der Waals surface area contributed by atoms with Gasteiger partial charge in [0, 0.05) is 11.8 Å². The van der Waals surface area contributed by atoms with Crippen molar-refractivity contribution < 1.29 is 28.2 Å². The Labute approximate surface area is 267 Å². The van der Waals surface area contributed by atoms with Crippen molar-refractivity contribution in [2.45, 2.75) is 57.4 Å². The Bertz CT molecular complexity index is 1810. The van der Waals surface area contributed by atoms with Crippen molar-refractivity contribution in [3.63, 3.8) is 0 Å². The molecule has 1 unspecified atom stereocenters. The van der Waals surface area contributed by atoms with Crippen LogP contribution in [0.15, 0.2) is 60.1 Å². The van der Waals surface area contributed by atoms with E-state index in [1.54, 1.807) is 42.5 Å². The number of sulfone groups is 1. The van der Waals surface area contributed by atoms with Gasteiger partial charge >= 0.3 is 6.09 Å². The fraction of sp³-hybridized carbons (Fsp3) is 0.387. The van der Waals surface area contributed by atoms with Crippen LogP contribution in [0.2, 0.25) is 5.02 Å². The third kappa shape index (κ3) is 7.03. The molecular formula is C31H35ClN6O6S. The highest BCUT2D eigenvalue weighted by Gasteiger charge is 2.55. The van der Waals surface area contributed by atoms with Gasteiger partial charge in [-0.25, -0.2) is 22.9 Å². The second kappa shape index (κ2) is 12.3. The summed E-state index contributed by atoms with van der Waals surface area (Å²) in [7, 11) is -3.44. The molecule has 3 N–H and O–H groups in total. The van der Waals surface area contributed by atoms with Gasteiger partial charge in [0.1, 0.15) is 22.9 Å². The maximum absolute atomic E-state index is 14.6. The summed E-state index contributed by atoms with van der Waals surface area (Å²) >= 11 is 6.42. The first-order valence-electron chi connectivity index (χ1n) is 13.9. The van der Waals surface area contributed by atoms with Gasteiger partial charge in [-0.3, -0.25) is 9.69 Å². The van der Waals surface area contributed by atoms with Crippen molar-refractivity contribution in [1.29, 1.82) is 0 Å². The normalized spacial score (nSPS) is 18.8. The van der Waals surface area contributed by atoms with Crippen LogP contribution in [0.25, 0.3) is 5.69 Å². The fourth-order valence-corrected chi connectivity index (χ4v) is 5.46. The third-order valence-electron chi connectivity index (χ3n) is 7.45. The average Bonchev–Trinajstić information content (AvgIpc) is 3.55. The lowest BCUT2D eigenvalue weighted by atomic mass is 9.75. The number of carbonyl (C=O) groups excluding carboxylic acids is 1. The number of aromatic nitrogens is 3. The summed E-state index contributed by atoms with van der Waals surface area (Å²) in [5.41, 5.74) is 0.00827. The molecule has 0 aliphatic carbocycles. The molecule has 1 aromatic heterocycles. The van der Waals surface area contributed by atoms with Crippen molar-refractivity contribution in [3.8, 4) is 17.5 Å². The van der Waals surface area contributed by atoms with Crippen molar-refractivity contribution in [2.75, 3.05) is 12.9 Å². The lowest BCUT2D eigenvalue weighted by Gasteiger charge is -2.34. The van der Waals surface area contributed by atoms with E-state index in [0.717, 1.165) is 11.2 Å². The zero-order chi connectivity index (χ0) is 33.4. The molecule has 0 radical (unpaired) electrons. The van der Waals surface area contributed by atoms with E-state index in [9.17, 15) is 28.2 Å². The summed E-state index contributed by atoms with van der Waals surface area (Å²) in [5, 5.41) is 27.9. The highest BCUT2D eigenvalue weighted by Crippen LogP contribution is 2.42. The number of rotatable bonds is 7. The Morgan fingerprint density at radius 3 is 2.36 bits per heavy atom. The lowest BCUT2D eigenvalue weighted by molar-refractivity contribution is -0.134. The molecule has 3 aromatic rings. The molecule has 2 aromatic carbocycles. The van der Waals surface area contributed by atoms with Crippen LogP contribution in [-0.2, 0) is 20.2 Å². The number of amides is 2. The average molecular weight is 655 g/mol. The molecule has 1 fully saturated rings. The number of carboxylic acid groups (broad SMARTS) is 1. The second-order valence-corrected chi connectivity index (χ2v) is 15.5. The monoisotopic (exact) mass is 654 g/mol. The van der Waals surface area contributed by atoms with Crippen LogP contribution in [-0.4, -0.2) is 73.9 Å². The molecular weight excluding hydrogens is 620 g/mol. The lowest BCUT2D eigenvalue weighted by Crippen LogP contribution is -2.47. The molecule has 45 heavy (non-hydrogen) atoms. The van der Waals surface area contributed by atoms with E-state index in [1.165, 1.54) is 31.2 Å². The molecule has 0 saturated carbocycles. The zero-order valence-corrected chi connectivity index (χ0v) is 27.3. The Morgan fingerprint density at radius 1 is 1.16 bits per heavy atom. The van der Waals surface area contributed by atoms with Gasteiger partial charge in [-0.05, 0) is 61.1 Å². The minimum atomic E-state index is -3.44. The van der Waals surface area contributed by atoms with Gasteiger partial charge in [0.05, 0.1) is 23.4 Å². The number of nitrogens with zero attached hydrogens (tertiary/aromatic N) is 5. The minimum absolute atomic E-state index is 0.225. The van der Waals surface area contributed by atoms with Crippen LogP contribution in [0.4, 0.5) is 4.79 Å². The van der Waals surface area contributed by atoms with E-state index in [-0.39, 0.29) is 12.4 Å². The van der Waals surface area contributed by atoms with Gasteiger partial charge < -0.3 is 15.5 Å². The smallest absolute Gasteiger partial charge is 0.434 e. The summed E-state index contributed by atoms with van der Waals surface area (Å²) in [4.78, 5) is 35.4. The van der Waals surface area contributed by atoms with Crippen LogP contribution in [0.1, 0.15) is 63.8 Å². The summed E-state index contributed by atoms with van der Waals surface area (Å²) < 4.78 is 24.4. The van der Waals surface area contributed by atoms with Crippen molar-refractivity contribution in [3.05, 3.63) is 76.8 Å². The summed E-state index contributed by atoms with van der Waals surface area (Å²) in [6.45, 7) is 8.31. The molecule has 2 amide bonds. The largest absolute Gasteiger partial charge is 0.463 e. The van der Waals surface area contributed by atoms with Crippen molar-refractivity contribution >= 4 is 39.4 Å². The van der Waals surface area contributed by atoms with Gasteiger partial charge in [-0.1, -0.05) is 62.4 Å². The number of guanidine groups is 1. The topological polar surface area (TPSA) is 167 Å². The first-order chi connectivity index (χ1) is 20.9. The number of benzene rings is 2. The second-order valence-electron chi connectivity index (χ2n) is 12.5. The molecule has 1 aliphatic heterocycles. The number of hydrogen-bond acceptors (Lipinski definition) is 7. The maximum atomic E-state index is 14.6. The number of halogens is 1. The summed E-state index contributed by atoms with van der Waals surface area (Å²) in [6.07, 6.45) is 2.60. The van der Waals surface area contributed by atoms with E-state index in [1.807, 2.05) is 20.8 Å². The maximum Gasteiger partial charge on any atom is 0.434 e. The van der Waals surface area contributed by atoms with Crippen LogP contribution in [0, 0.1) is 17.3 Å². The minimum Gasteiger partial charge on any atom is -0.463 e. The van der Waals surface area contributed by atoms with Crippen LogP contribution in [0.3, 0.4) is 0 Å². The molecule has 0 spiro atoms. The Hall–Kier alpha value is -4.25. The summed E-state index contributed by atoms with van der Waals surface area (Å²) in [5.74, 6) is 4.92. The predicted octanol–water partition coefficient (Wildman–Crippen LogP) is 3.93. The van der Waals surface area contributed by atoms with Crippen LogP contribution in [0.5, 0.6) is 0 Å². The molecule has 1 aliphatic rings. The molecule has 1 saturated heterocycles. The molecule has 12 nitrogen and oxygen atoms in total. The zero-order valence-electron chi connectivity index (χ0n) is 25.7. The predicted molar refractivity (Wildman–Crippen MR) is 170 cm³/mol. The molecule has 14 heteroatoms. The van der Waals surface area contributed by atoms with Gasteiger partial charge in [0.25, 0.3) is 5.91 Å². The van der Waals surface area contributed by atoms with Gasteiger partial charge in [0.15, 0.2) is 9.84 Å². The molecule has 238 valence electrons. The molecule has 2 heterocycles.